The number of amides is 1. The highest BCUT2D eigenvalue weighted by Crippen LogP contribution is 2.38. The van der Waals surface area contributed by atoms with Crippen LogP contribution in [-0.4, -0.2) is 68.5 Å². The Labute approximate surface area is 532 Å². The third kappa shape index (κ3) is 70.3. The molecule has 0 radical (unpaired) electrons. The van der Waals surface area contributed by atoms with Gasteiger partial charge in [-0.3, -0.25) is 9.36 Å². The van der Waals surface area contributed by atoms with E-state index in [1.54, 1.807) is 6.08 Å². The second kappa shape index (κ2) is 67.4. The van der Waals surface area contributed by atoms with Gasteiger partial charge in [0.25, 0.3) is 7.82 Å². The lowest BCUT2D eigenvalue weighted by atomic mass is 10.0. The number of rotatable bonds is 72. The maximum Gasteiger partial charge on any atom is 0.268 e. The van der Waals surface area contributed by atoms with Gasteiger partial charge < -0.3 is 28.8 Å². The summed E-state index contributed by atoms with van der Waals surface area (Å²) in [6.45, 7) is 4.70. The normalized spacial score (nSPS) is 13.6. The lowest BCUT2D eigenvalue weighted by Gasteiger charge is -2.29. The highest BCUT2D eigenvalue weighted by atomic mass is 31.2. The van der Waals surface area contributed by atoms with Crippen LogP contribution in [0.5, 0.6) is 0 Å². The van der Waals surface area contributed by atoms with Gasteiger partial charge in [0.05, 0.1) is 39.9 Å². The van der Waals surface area contributed by atoms with Crippen molar-refractivity contribution >= 4 is 13.7 Å². The van der Waals surface area contributed by atoms with Crippen LogP contribution in [0.4, 0.5) is 0 Å². The molecule has 3 atom stereocenters. The number of hydrogen-bond acceptors (Lipinski definition) is 6. The standard InChI is InChI=1S/C76H151N2O6P/c1-6-8-10-12-14-16-18-20-22-24-26-28-30-32-34-36-38-39-40-42-44-46-48-50-52-54-56-58-60-62-64-66-68-70-76(80)77-74(73-84-85(81,82)83-72-71-78(3,4)5)75(79)69-67-65-63-61-59-57-55-53-51-49-47-45-43-41-37-35-33-31-29-27-25-23-21-19-17-15-13-11-9-7-2/h59,61,67,69,74-75,79H,6-58,60,62-66,68,70-73H2,1-5H3,(H-,77,80,81,82)/b61-59+,69-67+. The lowest BCUT2D eigenvalue weighted by Crippen LogP contribution is -2.45. The molecule has 0 aliphatic heterocycles. The van der Waals surface area contributed by atoms with E-state index in [-0.39, 0.29) is 19.1 Å². The molecule has 0 fully saturated rings. The van der Waals surface area contributed by atoms with Crippen LogP contribution >= 0.6 is 7.82 Å². The van der Waals surface area contributed by atoms with E-state index in [2.05, 4.69) is 31.3 Å². The molecule has 0 aliphatic rings. The third-order valence-electron chi connectivity index (χ3n) is 17.9. The molecule has 1 amide bonds. The van der Waals surface area contributed by atoms with Crippen LogP contribution in [0.15, 0.2) is 24.3 Å². The summed E-state index contributed by atoms with van der Waals surface area (Å²) in [6.07, 6.45) is 89.1. The molecule has 0 saturated carbocycles. The third-order valence-corrected chi connectivity index (χ3v) is 18.9. The predicted octanol–water partition coefficient (Wildman–Crippen LogP) is 24.0. The first kappa shape index (κ1) is 84.0. The van der Waals surface area contributed by atoms with Crippen molar-refractivity contribution in [3.63, 3.8) is 0 Å². The van der Waals surface area contributed by atoms with Gasteiger partial charge in [0.2, 0.25) is 5.91 Å². The SMILES string of the molecule is CCCCCCCCCCCCCCCCCCCCCCCCCC/C=C/CC/C=C/C(O)C(COP(=O)([O-])OCC[N+](C)(C)C)NC(=O)CCCCCCCCCCCCCCCCCCCCCCCCCCCCCCCCCCC. The molecule has 0 spiro atoms. The van der Waals surface area contributed by atoms with E-state index in [4.69, 9.17) is 9.05 Å². The Morgan fingerprint density at radius 1 is 0.400 bits per heavy atom. The van der Waals surface area contributed by atoms with E-state index in [0.717, 1.165) is 38.5 Å². The van der Waals surface area contributed by atoms with Crippen molar-refractivity contribution in [2.45, 2.75) is 418 Å². The fraction of sp³-hybridized carbons (Fsp3) is 0.934. The van der Waals surface area contributed by atoms with Crippen molar-refractivity contribution in [3.8, 4) is 0 Å². The zero-order valence-electron chi connectivity index (χ0n) is 58.1. The topological polar surface area (TPSA) is 108 Å². The van der Waals surface area contributed by atoms with E-state index < -0.39 is 20.0 Å². The van der Waals surface area contributed by atoms with E-state index >= 15 is 0 Å². The molecular weight excluding hydrogens is 1070 g/mol. The van der Waals surface area contributed by atoms with Crippen molar-refractivity contribution in [3.05, 3.63) is 24.3 Å². The number of likely N-dealkylation sites (N-methyl/N-ethyl adjacent to an activating group) is 1. The molecule has 0 saturated heterocycles. The molecule has 2 N–H and O–H groups in total. The smallest absolute Gasteiger partial charge is 0.268 e. The van der Waals surface area contributed by atoms with Gasteiger partial charge in [-0.15, -0.1) is 0 Å². The number of nitrogens with zero attached hydrogens (tertiary/aromatic N) is 1. The summed E-state index contributed by atoms with van der Waals surface area (Å²) in [5.74, 6) is -0.197. The van der Waals surface area contributed by atoms with E-state index in [9.17, 15) is 19.4 Å². The van der Waals surface area contributed by atoms with Gasteiger partial charge in [0, 0.05) is 6.42 Å². The molecule has 0 aromatic heterocycles. The Kier molecular flexibility index (Phi) is 66.6. The van der Waals surface area contributed by atoms with Crippen LogP contribution in [0.3, 0.4) is 0 Å². The minimum Gasteiger partial charge on any atom is -0.756 e. The second-order valence-corrected chi connectivity index (χ2v) is 29.1. The van der Waals surface area contributed by atoms with Crippen LogP contribution in [0, 0.1) is 0 Å². The number of aliphatic hydroxyl groups is 1. The van der Waals surface area contributed by atoms with E-state index in [1.807, 2.05) is 27.2 Å². The van der Waals surface area contributed by atoms with Crippen LogP contribution in [0.25, 0.3) is 0 Å². The summed E-state index contributed by atoms with van der Waals surface area (Å²) in [5.41, 5.74) is 0. The first-order valence-electron chi connectivity index (χ1n) is 38.2. The minimum absolute atomic E-state index is 0.00330. The number of phosphoric ester groups is 1. The monoisotopic (exact) mass is 1220 g/mol. The molecule has 85 heavy (non-hydrogen) atoms. The molecule has 3 unspecified atom stereocenters. The van der Waals surface area contributed by atoms with Crippen LogP contribution in [0.2, 0.25) is 0 Å². The van der Waals surface area contributed by atoms with E-state index in [1.165, 1.54) is 347 Å². The molecule has 0 rings (SSSR count). The maximum atomic E-state index is 13.1. The average Bonchev–Trinajstić information content (AvgIpc) is 3.52. The van der Waals surface area contributed by atoms with Crippen molar-refractivity contribution < 1.29 is 32.9 Å². The number of quaternary nitrogens is 1. The Bertz CT molecular complexity index is 1430. The van der Waals surface area contributed by atoms with Gasteiger partial charge in [-0.05, 0) is 32.1 Å². The Balaban J connectivity index is 4.00. The highest BCUT2D eigenvalue weighted by Gasteiger charge is 2.23. The van der Waals surface area contributed by atoms with Crippen LogP contribution in [-0.2, 0) is 18.4 Å². The summed E-state index contributed by atoms with van der Waals surface area (Å²) in [7, 11) is 1.27. The predicted molar refractivity (Wildman–Crippen MR) is 372 cm³/mol. The number of aliphatic hydroxyl groups excluding tert-OH is 1. The maximum absolute atomic E-state index is 13.1. The van der Waals surface area contributed by atoms with Crippen molar-refractivity contribution in [2.24, 2.45) is 0 Å². The largest absolute Gasteiger partial charge is 0.756 e. The summed E-state index contributed by atoms with van der Waals surface area (Å²) in [6, 6.07) is -0.902. The first-order valence-corrected chi connectivity index (χ1v) is 39.7. The fourth-order valence-electron chi connectivity index (χ4n) is 12.0. The Morgan fingerprint density at radius 2 is 0.659 bits per heavy atom. The molecule has 506 valence electrons. The van der Waals surface area contributed by atoms with Crippen LogP contribution < -0.4 is 10.2 Å². The molecular formula is C76H151N2O6P. The molecule has 0 heterocycles. The zero-order valence-corrected chi connectivity index (χ0v) is 59.0. The molecule has 8 nitrogen and oxygen atoms in total. The Morgan fingerprint density at radius 3 is 0.953 bits per heavy atom. The van der Waals surface area contributed by atoms with Crippen molar-refractivity contribution in [2.75, 3.05) is 40.9 Å². The molecule has 0 aromatic carbocycles. The number of allylic oxidation sites excluding steroid dienone is 3. The first-order chi connectivity index (χ1) is 41.5. The summed E-state index contributed by atoms with van der Waals surface area (Å²) >= 11 is 0. The quantitative estimate of drug-likeness (QED) is 0.0272. The van der Waals surface area contributed by atoms with Crippen molar-refractivity contribution in [1.29, 1.82) is 0 Å². The van der Waals surface area contributed by atoms with Crippen LogP contribution in [0.1, 0.15) is 406 Å². The molecule has 0 aliphatic carbocycles. The fourth-order valence-corrected chi connectivity index (χ4v) is 12.7. The van der Waals surface area contributed by atoms with Gasteiger partial charge in [-0.1, -0.05) is 391 Å². The molecule has 9 heteroatoms. The summed E-state index contributed by atoms with van der Waals surface area (Å²) in [5, 5.41) is 14.0. The number of carbonyl (C=O) groups is 1. The number of phosphoric acid groups is 1. The average molecular weight is 1220 g/mol. The molecule has 0 aromatic rings. The highest BCUT2D eigenvalue weighted by molar-refractivity contribution is 7.45. The minimum atomic E-state index is -4.61. The Hall–Kier alpha value is -1.02. The number of unbranched alkanes of at least 4 members (excludes halogenated alkanes) is 57. The number of carbonyl (C=O) groups excluding carboxylic acids is 1. The number of hydrogen-bond donors (Lipinski definition) is 2. The lowest BCUT2D eigenvalue weighted by molar-refractivity contribution is -0.870. The summed E-state index contributed by atoms with van der Waals surface area (Å²) < 4.78 is 23.5. The zero-order chi connectivity index (χ0) is 61.9. The van der Waals surface area contributed by atoms with Crippen molar-refractivity contribution in [1.82, 2.24) is 5.32 Å². The van der Waals surface area contributed by atoms with Gasteiger partial charge in [0.1, 0.15) is 13.2 Å². The van der Waals surface area contributed by atoms with E-state index in [0.29, 0.717) is 17.4 Å². The van der Waals surface area contributed by atoms with Gasteiger partial charge >= 0.3 is 0 Å². The second-order valence-electron chi connectivity index (χ2n) is 27.7. The molecule has 0 bridgehead atoms. The summed E-state index contributed by atoms with van der Waals surface area (Å²) in [4.78, 5) is 25.7. The van der Waals surface area contributed by atoms with Gasteiger partial charge in [0.15, 0.2) is 0 Å². The van der Waals surface area contributed by atoms with Gasteiger partial charge in [-0.2, -0.15) is 0 Å². The number of nitrogens with one attached hydrogen (secondary N) is 1. The van der Waals surface area contributed by atoms with Gasteiger partial charge in [-0.25, -0.2) is 0 Å².